The third-order valence-electron chi connectivity index (χ3n) is 3.73. The van der Waals surface area contributed by atoms with E-state index in [0.29, 0.717) is 12.1 Å². The van der Waals surface area contributed by atoms with E-state index in [4.69, 9.17) is 5.73 Å². The second-order valence-corrected chi connectivity index (χ2v) is 5.23. The van der Waals surface area contributed by atoms with Gasteiger partial charge in [-0.2, -0.15) is 0 Å². The maximum atomic E-state index is 5.78. The Kier molecular flexibility index (Phi) is 3.10. The van der Waals surface area contributed by atoms with Gasteiger partial charge < -0.3 is 16.0 Å². The van der Waals surface area contributed by atoms with Crippen LogP contribution < -0.4 is 11.1 Å². The number of rotatable bonds is 2. The molecular weight excluding hydrogens is 174 g/mol. The van der Waals surface area contributed by atoms with Crippen molar-refractivity contribution in [2.45, 2.75) is 44.3 Å². The Balaban J connectivity index is 1.75. The largest absolute Gasteiger partial charge is 0.328 e. The van der Waals surface area contributed by atoms with Crippen LogP contribution in [0.5, 0.6) is 0 Å². The molecule has 2 rings (SSSR count). The zero-order chi connectivity index (χ0) is 10.1. The molecule has 2 aliphatic rings. The molecule has 0 aromatic carbocycles. The minimum Gasteiger partial charge on any atom is -0.328 e. The van der Waals surface area contributed by atoms with E-state index in [1.807, 2.05) is 0 Å². The van der Waals surface area contributed by atoms with Gasteiger partial charge in [0.25, 0.3) is 0 Å². The first kappa shape index (κ1) is 10.4. The van der Waals surface area contributed by atoms with Crippen LogP contribution in [0.1, 0.15) is 26.2 Å². The highest BCUT2D eigenvalue weighted by Crippen LogP contribution is 2.22. The summed E-state index contributed by atoms with van der Waals surface area (Å²) in [6.07, 6.45) is 3.65. The lowest BCUT2D eigenvalue weighted by atomic mass is 9.85. The van der Waals surface area contributed by atoms with Crippen molar-refractivity contribution in [1.29, 1.82) is 0 Å². The molecule has 0 spiro atoms. The molecule has 0 radical (unpaired) electrons. The summed E-state index contributed by atoms with van der Waals surface area (Å²) in [6.45, 7) is 4.82. The number of nitrogens with zero attached hydrogens (tertiary/aromatic N) is 1. The Morgan fingerprint density at radius 3 is 2.64 bits per heavy atom. The van der Waals surface area contributed by atoms with E-state index < -0.39 is 0 Å². The molecule has 1 heterocycles. The fourth-order valence-corrected chi connectivity index (χ4v) is 2.70. The average Bonchev–Trinajstić information content (AvgIpc) is 2.06. The van der Waals surface area contributed by atoms with Crippen LogP contribution in [0.3, 0.4) is 0 Å². The Hall–Kier alpha value is -0.120. The predicted molar refractivity (Wildman–Crippen MR) is 59.2 cm³/mol. The Morgan fingerprint density at radius 1 is 1.36 bits per heavy atom. The van der Waals surface area contributed by atoms with Crippen LogP contribution in [0, 0.1) is 5.92 Å². The summed E-state index contributed by atoms with van der Waals surface area (Å²) in [6, 6.07) is 1.90. The van der Waals surface area contributed by atoms with E-state index in [1.165, 1.54) is 32.4 Å². The van der Waals surface area contributed by atoms with Gasteiger partial charge in [0.1, 0.15) is 0 Å². The molecule has 1 aliphatic carbocycles. The van der Waals surface area contributed by atoms with E-state index in [2.05, 4.69) is 24.2 Å². The molecule has 0 aromatic rings. The van der Waals surface area contributed by atoms with Gasteiger partial charge in [-0.05, 0) is 38.8 Å². The van der Waals surface area contributed by atoms with Crippen LogP contribution in [-0.4, -0.2) is 43.2 Å². The second-order valence-electron chi connectivity index (χ2n) is 5.23. The van der Waals surface area contributed by atoms with Gasteiger partial charge in [-0.15, -0.1) is 0 Å². The van der Waals surface area contributed by atoms with Gasteiger partial charge in [-0.3, -0.25) is 0 Å². The monoisotopic (exact) mass is 197 g/mol. The lowest BCUT2D eigenvalue weighted by Gasteiger charge is -2.41. The quantitative estimate of drug-likeness (QED) is 0.673. The highest BCUT2D eigenvalue weighted by molar-refractivity contribution is 4.92. The second kappa shape index (κ2) is 4.17. The molecule has 2 fully saturated rings. The Morgan fingerprint density at radius 2 is 2.07 bits per heavy atom. The summed E-state index contributed by atoms with van der Waals surface area (Å²) in [5.41, 5.74) is 5.78. The van der Waals surface area contributed by atoms with Crippen molar-refractivity contribution < 1.29 is 0 Å². The van der Waals surface area contributed by atoms with E-state index in [1.54, 1.807) is 0 Å². The average molecular weight is 197 g/mol. The van der Waals surface area contributed by atoms with Crippen molar-refractivity contribution in [3.63, 3.8) is 0 Å². The summed E-state index contributed by atoms with van der Waals surface area (Å²) < 4.78 is 0. The van der Waals surface area contributed by atoms with E-state index in [9.17, 15) is 0 Å². The maximum Gasteiger partial charge on any atom is 0.0120 e. The van der Waals surface area contributed by atoms with Crippen molar-refractivity contribution in [2.24, 2.45) is 11.7 Å². The van der Waals surface area contributed by atoms with Gasteiger partial charge in [-0.1, -0.05) is 6.92 Å². The van der Waals surface area contributed by atoms with Crippen LogP contribution in [0.15, 0.2) is 0 Å². The van der Waals surface area contributed by atoms with Crippen molar-refractivity contribution in [3.8, 4) is 0 Å². The van der Waals surface area contributed by atoms with Crippen molar-refractivity contribution >= 4 is 0 Å². The summed E-state index contributed by atoms with van der Waals surface area (Å²) >= 11 is 0. The van der Waals surface area contributed by atoms with Gasteiger partial charge >= 0.3 is 0 Å². The number of nitrogens with two attached hydrogens (primary N) is 1. The van der Waals surface area contributed by atoms with Crippen molar-refractivity contribution in [2.75, 3.05) is 20.1 Å². The molecule has 1 saturated heterocycles. The standard InChI is InChI=1S/C11H23N3/c1-8-7-14(2)4-3-11(8)13-10-5-9(12)6-10/h8-11,13H,3-7,12H2,1-2H3. The normalized spacial score (nSPS) is 44.8. The third-order valence-corrected chi connectivity index (χ3v) is 3.73. The van der Waals surface area contributed by atoms with Crippen molar-refractivity contribution in [1.82, 2.24) is 10.2 Å². The van der Waals surface area contributed by atoms with Gasteiger partial charge in [0, 0.05) is 24.7 Å². The fraction of sp³-hybridized carbons (Fsp3) is 1.00. The van der Waals surface area contributed by atoms with Gasteiger partial charge in [0.05, 0.1) is 0 Å². The molecular formula is C11H23N3. The molecule has 3 nitrogen and oxygen atoms in total. The lowest BCUT2D eigenvalue weighted by Crippen LogP contribution is -2.56. The number of hydrogen-bond acceptors (Lipinski definition) is 3. The topological polar surface area (TPSA) is 41.3 Å². The molecule has 3 heteroatoms. The highest BCUT2D eigenvalue weighted by Gasteiger charge is 2.31. The molecule has 0 amide bonds. The highest BCUT2D eigenvalue weighted by atomic mass is 15.1. The zero-order valence-corrected chi connectivity index (χ0v) is 9.37. The molecule has 2 unspecified atom stereocenters. The summed E-state index contributed by atoms with van der Waals surface area (Å²) in [5.74, 6) is 0.783. The number of likely N-dealkylation sites (tertiary alicyclic amines) is 1. The summed E-state index contributed by atoms with van der Waals surface area (Å²) in [7, 11) is 2.21. The molecule has 14 heavy (non-hydrogen) atoms. The van der Waals surface area contributed by atoms with E-state index in [0.717, 1.165) is 12.0 Å². The predicted octanol–water partition coefficient (Wildman–Crippen LogP) is 0.406. The van der Waals surface area contributed by atoms with Crippen LogP contribution in [-0.2, 0) is 0 Å². The van der Waals surface area contributed by atoms with Gasteiger partial charge in [0.2, 0.25) is 0 Å². The SMILES string of the molecule is CC1CN(C)CCC1NC1CC(N)C1. The maximum absolute atomic E-state index is 5.78. The van der Waals surface area contributed by atoms with Crippen molar-refractivity contribution in [3.05, 3.63) is 0 Å². The molecule has 0 bridgehead atoms. The number of hydrogen-bond donors (Lipinski definition) is 2. The van der Waals surface area contributed by atoms with Crippen LogP contribution in [0.4, 0.5) is 0 Å². The summed E-state index contributed by atoms with van der Waals surface area (Å²) in [4.78, 5) is 2.43. The Bertz CT molecular complexity index is 189. The first-order valence-electron chi connectivity index (χ1n) is 5.85. The molecule has 82 valence electrons. The first-order chi connectivity index (χ1) is 6.65. The van der Waals surface area contributed by atoms with E-state index in [-0.39, 0.29) is 0 Å². The number of nitrogens with one attached hydrogen (secondary N) is 1. The van der Waals surface area contributed by atoms with Crippen LogP contribution >= 0.6 is 0 Å². The smallest absolute Gasteiger partial charge is 0.0120 e. The molecule has 1 aliphatic heterocycles. The zero-order valence-electron chi connectivity index (χ0n) is 9.37. The molecule has 2 atom stereocenters. The van der Waals surface area contributed by atoms with E-state index >= 15 is 0 Å². The molecule has 1 saturated carbocycles. The first-order valence-corrected chi connectivity index (χ1v) is 5.85. The van der Waals surface area contributed by atoms with Crippen LogP contribution in [0.25, 0.3) is 0 Å². The Labute approximate surface area is 87.0 Å². The number of piperidine rings is 1. The summed E-state index contributed by atoms with van der Waals surface area (Å²) in [5, 5.41) is 3.75. The van der Waals surface area contributed by atoms with Crippen LogP contribution in [0.2, 0.25) is 0 Å². The molecule has 0 aromatic heterocycles. The molecule has 3 N–H and O–H groups in total. The van der Waals surface area contributed by atoms with Gasteiger partial charge in [0.15, 0.2) is 0 Å². The minimum absolute atomic E-state index is 0.467. The minimum atomic E-state index is 0.467. The van der Waals surface area contributed by atoms with Gasteiger partial charge in [-0.25, -0.2) is 0 Å². The third kappa shape index (κ3) is 2.27. The lowest BCUT2D eigenvalue weighted by molar-refractivity contribution is 0.146. The fourth-order valence-electron chi connectivity index (χ4n) is 2.70.